The lowest BCUT2D eigenvalue weighted by molar-refractivity contribution is -0.159. The minimum Gasteiger partial charge on any atom is -0.315 e. The van der Waals surface area contributed by atoms with Gasteiger partial charge in [-0.3, -0.25) is 14.2 Å². The minimum absolute atomic E-state index is 0.0699. The van der Waals surface area contributed by atoms with E-state index >= 15 is 0 Å². The average Bonchev–Trinajstić information content (AvgIpc) is 2.82. The molecule has 14 heteroatoms. The van der Waals surface area contributed by atoms with Crippen molar-refractivity contribution in [3.63, 3.8) is 0 Å². The van der Waals surface area contributed by atoms with Crippen LogP contribution in [0.25, 0.3) is 0 Å². The molecule has 2 aliphatic rings. The maximum atomic E-state index is 14.3. The third kappa shape index (κ3) is 4.37. The van der Waals surface area contributed by atoms with Gasteiger partial charge in [-0.15, -0.1) is 4.28 Å². The van der Waals surface area contributed by atoms with Gasteiger partial charge in [0.25, 0.3) is 11.8 Å². The third-order valence-corrected chi connectivity index (χ3v) is 4.60. The second-order valence-corrected chi connectivity index (χ2v) is 6.94. The van der Waals surface area contributed by atoms with Crippen LogP contribution in [0.1, 0.15) is 19.8 Å². The number of amides is 3. The van der Waals surface area contributed by atoms with Crippen molar-refractivity contribution >= 4 is 22.3 Å². The Labute approximate surface area is 148 Å². The zero-order valence-corrected chi connectivity index (χ0v) is 14.8. The molecule has 2 bridgehead atoms. The molecule has 0 aromatic rings. The molecule has 3 amide bonds. The van der Waals surface area contributed by atoms with Crippen LogP contribution in [0, 0.1) is 0 Å². The van der Waals surface area contributed by atoms with Gasteiger partial charge in [0.1, 0.15) is 12.1 Å². The maximum absolute atomic E-state index is 14.3. The van der Waals surface area contributed by atoms with Crippen LogP contribution in [0.4, 0.5) is 13.6 Å². The zero-order valence-electron chi connectivity index (χ0n) is 14.0. The Kier molecular flexibility index (Phi) is 6.02. The first-order chi connectivity index (χ1) is 12.0. The van der Waals surface area contributed by atoms with Crippen LogP contribution in [-0.2, 0) is 24.3 Å². The van der Waals surface area contributed by atoms with Gasteiger partial charge in [-0.05, 0) is 13.5 Å². The van der Waals surface area contributed by atoms with Gasteiger partial charge >= 0.3 is 16.4 Å². The molecule has 2 fully saturated rings. The fourth-order valence-corrected chi connectivity index (χ4v) is 3.15. The van der Waals surface area contributed by atoms with Gasteiger partial charge in [0.2, 0.25) is 0 Å². The number of carbonyl (C=O) groups is 2. The fraction of sp³-hybridized carbons (Fsp3) is 0.833. The number of carbonyl (C=O) groups excluding carboxylic acids is 2. The summed E-state index contributed by atoms with van der Waals surface area (Å²) in [6.07, 6.45) is -0.352. The van der Waals surface area contributed by atoms with Gasteiger partial charge in [-0.2, -0.15) is 13.5 Å². The summed E-state index contributed by atoms with van der Waals surface area (Å²) >= 11 is 0. The van der Waals surface area contributed by atoms with Crippen LogP contribution in [0.15, 0.2) is 0 Å². The molecule has 0 radical (unpaired) electrons. The number of piperidine rings is 1. The summed E-state index contributed by atoms with van der Waals surface area (Å²) in [7, 11) is -3.50. The highest BCUT2D eigenvalue weighted by molar-refractivity contribution is 7.80. The molecule has 0 aromatic heterocycles. The lowest BCUT2D eigenvalue weighted by Crippen LogP contribution is -2.56. The molecule has 2 rings (SSSR count). The third-order valence-electron chi connectivity index (χ3n) is 4.25. The molecule has 0 spiro atoms. The van der Waals surface area contributed by atoms with Crippen molar-refractivity contribution in [3.05, 3.63) is 0 Å². The van der Waals surface area contributed by atoms with E-state index in [2.05, 4.69) is 9.60 Å². The number of halogens is 2. The number of hydroxylamine groups is 3. The van der Waals surface area contributed by atoms with Crippen LogP contribution >= 0.6 is 0 Å². The molecule has 2 saturated heterocycles. The van der Waals surface area contributed by atoms with Crippen molar-refractivity contribution in [3.8, 4) is 0 Å². The second kappa shape index (κ2) is 7.56. The number of rotatable bonds is 8. The van der Waals surface area contributed by atoms with E-state index in [0.29, 0.717) is 6.42 Å². The van der Waals surface area contributed by atoms with Crippen LogP contribution in [0.2, 0.25) is 0 Å². The van der Waals surface area contributed by atoms with Crippen LogP contribution in [0.5, 0.6) is 0 Å². The summed E-state index contributed by atoms with van der Waals surface area (Å²) in [5.41, 5.74) is 2.02. The average molecular weight is 402 g/mol. The number of nitrogens with one attached hydrogen (secondary N) is 2. The first-order valence-electron chi connectivity index (χ1n) is 7.73. The van der Waals surface area contributed by atoms with E-state index in [9.17, 15) is 26.8 Å². The van der Waals surface area contributed by atoms with Crippen molar-refractivity contribution in [1.29, 1.82) is 0 Å². The van der Waals surface area contributed by atoms with Crippen LogP contribution in [0.3, 0.4) is 0 Å². The predicted octanol–water partition coefficient (Wildman–Crippen LogP) is -0.720. The highest BCUT2D eigenvalue weighted by Gasteiger charge is 2.62. The second-order valence-electron chi connectivity index (χ2n) is 5.93. The zero-order chi connectivity index (χ0) is 19.7. The molecule has 3 atom stereocenters. The van der Waals surface area contributed by atoms with E-state index in [1.165, 1.54) is 0 Å². The van der Waals surface area contributed by atoms with Crippen LogP contribution < -0.4 is 10.8 Å². The number of nitrogens with zero attached hydrogens (tertiary/aromatic N) is 2. The van der Waals surface area contributed by atoms with Gasteiger partial charge < -0.3 is 10.2 Å². The van der Waals surface area contributed by atoms with E-state index < -0.39 is 53.3 Å². The Hall–Kier alpha value is -1.61. The van der Waals surface area contributed by atoms with E-state index in [4.69, 9.17) is 9.39 Å². The highest BCUT2D eigenvalue weighted by Crippen LogP contribution is 2.40. The maximum Gasteiger partial charge on any atom is 0.418 e. The number of urea groups is 1. The highest BCUT2D eigenvalue weighted by atomic mass is 32.3. The quantitative estimate of drug-likeness (QED) is 0.357. The van der Waals surface area contributed by atoms with E-state index in [-0.39, 0.29) is 17.7 Å². The smallest absolute Gasteiger partial charge is 0.315 e. The monoisotopic (exact) mass is 402 g/mol. The Bertz CT molecular complexity index is 658. The molecule has 26 heavy (non-hydrogen) atoms. The normalized spacial score (nSPS) is 26.1. The number of hydrogen-bond acceptors (Lipinski definition) is 7. The largest absolute Gasteiger partial charge is 0.418 e. The van der Waals surface area contributed by atoms with Crippen molar-refractivity contribution in [1.82, 2.24) is 20.8 Å². The molecule has 0 saturated carbocycles. The van der Waals surface area contributed by atoms with Gasteiger partial charge in [0.15, 0.2) is 0 Å². The summed E-state index contributed by atoms with van der Waals surface area (Å²) in [6.45, 7) is 1.31. The van der Waals surface area contributed by atoms with Crippen molar-refractivity contribution in [2.45, 2.75) is 43.8 Å². The summed E-state index contributed by atoms with van der Waals surface area (Å²) < 4.78 is 62.7. The van der Waals surface area contributed by atoms with Crippen molar-refractivity contribution < 1.29 is 40.5 Å². The summed E-state index contributed by atoms with van der Waals surface area (Å²) in [5.74, 6) is -4.59. The molecule has 0 aromatic carbocycles. The SMILES string of the molecule is CCC(CONC(=O)[C@@H]1CC(F)(F)[C@@H]2CN1C(=O)N2OS(=O)(=O)O)NC. The van der Waals surface area contributed by atoms with E-state index in [0.717, 1.165) is 4.90 Å². The Morgan fingerprint density at radius 2 is 2.15 bits per heavy atom. The molecule has 0 aliphatic carbocycles. The Morgan fingerprint density at radius 3 is 2.69 bits per heavy atom. The molecular formula is C12H20F2N4O7S. The summed E-state index contributed by atoms with van der Waals surface area (Å²) in [6, 6.07) is -4.87. The first-order valence-corrected chi connectivity index (χ1v) is 9.10. The number of fused-ring (bicyclic) bond motifs is 2. The summed E-state index contributed by atoms with van der Waals surface area (Å²) in [5, 5.41) is 2.79. The standard InChI is InChI=1S/C12H20F2N4O7S/c1-3-7(15-2)6-24-16-10(19)8-4-12(13,14)9-5-17(8)11(20)18(9)25-26(21,22)23/h7-9,15H,3-6H2,1-2H3,(H,16,19)(H,21,22,23)/t7?,8-,9-/m0/s1. The number of likely N-dealkylation sites (N-methyl/N-ethyl adjacent to an activating group) is 1. The molecular weight excluding hydrogens is 382 g/mol. The topological polar surface area (TPSA) is 138 Å². The van der Waals surface area contributed by atoms with Crippen molar-refractivity contribution in [2.75, 3.05) is 20.2 Å². The molecule has 11 nitrogen and oxygen atoms in total. The Balaban J connectivity index is 2.08. The Morgan fingerprint density at radius 1 is 1.50 bits per heavy atom. The van der Waals surface area contributed by atoms with Crippen molar-refractivity contribution in [2.24, 2.45) is 0 Å². The minimum atomic E-state index is -5.18. The van der Waals surface area contributed by atoms with Gasteiger partial charge in [0, 0.05) is 12.5 Å². The molecule has 3 N–H and O–H groups in total. The summed E-state index contributed by atoms with van der Waals surface area (Å²) in [4.78, 5) is 30.0. The molecule has 2 heterocycles. The van der Waals surface area contributed by atoms with E-state index in [1.54, 1.807) is 7.05 Å². The van der Waals surface area contributed by atoms with Crippen LogP contribution in [-0.4, -0.2) is 79.1 Å². The molecule has 2 aliphatic heterocycles. The van der Waals surface area contributed by atoms with Gasteiger partial charge in [-0.1, -0.05) is 6.92 Å². The first kappa shape index (κ1) is 20.7. The lowest BCUT2D eigenvalue weighted by Gasteiger charge is -2.34. The van der Waals surface area contributed by atoms with E-state index in [1.807, 2.05) is 12.4 Å². The number of alkyl halides is 2. The molecule has 1 unspecified atom stereocenters. The lowest BCUT2D eigenvalue weighted by atomic mass is 9.96. The number of hydrogen-bond donors (Lipinski definition) is 3. The van der Waals surface area contributed by atoms with Gasteiger partial charge in [-0.25, -0.2) is 19.1 Å². The predicted molar refractivity (Wildman–Crippen MR) is 80.9 cm³/mol. The fourth-order valence-electron chi connectivity index (χ4n) is 2.77. The van der Waals surface area contributed by atoms with Gasteiger partial charge in [0.05, 0.1) is 13.2 Å². The molecule has 150 valence electrons.